The number of halogens is 1. The summed E-state index contributed by atoms with van der Waals surface area (Å²) in [6.45, 7) is 2.30. The van der Waals surface area contributed by atoms with E-state index in [1.807, 2.05) is 12.3 Å². The van der Waals surface area contributed by atoms with Crippen molar-refractivity contribution in [2.75, 3.05) is 25.1 Å². The third kappa shape index (κ3) is 4.17. The molecule has 2 aromatic rings. The molecular weight excluding hydrogens is 364 g/mol. The summed E-state index contributed by atoms with van der Waals surface area (Å²) in [6.07, 6.45) is 10.7. The molecule has 1 N–H and O–H groups in total. The zero-order chi connectivity index (χ0) is 18.6. The zero-order valence-corrected chi connectivity index (χ0v) is 16.1. The van der Waals surface area contributed by atoms with E-state index >= 15 is 0 Å². The molecule has 0 aromatic carbocycles. The molecule has 1 saturated heterocycles. The summed E-state index contributed by atoms with van der Waals surface area (Å²) in [7, 11) is 0. The molecule has 2 fully saturated rings. The van der Waals surface area contributed by atoms with Crippen LogP contribution in [0.4, 0.5) is 5.69 Å². The van der Waals surface area contributed by atoms with Crippen LogP contribution in [0.1, 0.15) is 50.0 Å². The average Bonchev–Trinajstić information content (AvgIpc) is 3.25. The molecule has 6 nitrogen and oxygen atoms in total. The first-order chi connectivity index (χ1) is 13.2. The quantitative estimate of drug-likeness (QED) is 0.844. The Morgan fingerprint density at radius 2 is 2.04 bits per heavy atom. The van der Waals surface area contributed by atoms with Crippen molar-refractivity contribution < 1.29 is 4.74 Å². The molecule has 7 heteroatoms. The lowest BCUT2D eigenvalue weighted by atomic mass is 10.00. The Labute approximate surface area is 163 Å². The van der Waals surface area contributed by atoms with Gasteiger partial charge >= 0.3 is 0 Å². The maximum absolute atomic E-state index is 12.6. The van der Waals surface area contributed by atoms with Crippen LogP contribution < -0.4 is 10.9 Å². The van der Waals surface area contributed by atoms with Crippen molar-refractivity contribution in [3.63, 3.8) is 0 Å². The van der Waals surface area contributed by atoms with Gasteiger partial charge in [-0.2, -0.15) is 9.78 Å². The molecule has 0 bridgehead atoms. The van der Waals surface area contributed by atoms with E-state index in [9.17, 15) is 4.79 Å². The molecule has 3 heterocycles. The van der Waals surface area contributed by atoms with E-state index in [1.165, 1.54) is 35.9 Å². The first kappa shape index (κ1) is 18.4. The van der Waals surface area contributed by atoms with E-state index in [0.29, 0.717) is 23.3 Å². The van der Waals surface area contributed by atoms with E-state index < -0.39 is 0 Å². The first-order valence-electron chi connectivity index (χ1n) is 9.78. The highest BCUT2D eigenvalue weighted by Crippen LogP contribution is 2.33. The van der Waals surface area contributed by atoms with Crippen molar-refractivity contribution in [2.24, 2.45) is 5.92 Å². The molecule has 1 aliphatic carbocycles. The topological polar surface area (TPSA) is 69.0 Å². The van der Waals surface area contributed by atoms with E-state index in [2.05, 4.69) is 21.5 Å². The maximum Gasteiger partial charge on any atom is 0.293 e. The molecule has 1 unspecified atom stereocenters. The van der Waals surface area contributed by atoms with Gasteiger partial charge in [0.1, 0.15) is 5.02 Å². The highest BCUT2D eigenvalue weighted by Gasteiger charge is 2.19. The van der Waals surface area contributed by atoms with Gasteiger partial charge in [0, 0.05) is 19.3 Å². The highest BCUT2D eigenvalue weighted by atomic mass is 35.5. The van der Waals surface area contributed by atoms with Crippen LogP contribution in [0.2, 0.25) is 5.02 Å². The van der Waals surface area contributed by atoms with Gasteiger partial charge in [0.2, 0.25) is 0 Å². The van der Waals surface area contributed by atoms with E-state index in [4.69, 9.17) is 16.3 Å². The highest BCUT2D eigenvalue weighted by molar-refractivity contribution is 6.32. The van der Waals surface area contributed by atoms with Crippen molar-refractivity contribution in [1.29, 1.82) is 0 Å². The van der Waals surface area contributed by atoms with E-state index in [1.54, 1.807) is 6.20 Å². The summed E-state index contributed by atoms with van der Waals surface area (Å²) < 4.78 is 6.74. The van der Waals surface area contributed by atoms with Crippen LogP contribution in [0.3, 0.4) is 0 Å². The fourth-order valence-electron chi connectivity index (χ4n) is 3.97. The molecule has 1 atom stereocenters. The fourth-order valence-corrected chi connectivity index (χ4v) is 4.16. The summed E-state index contributed by atoms with van der Waals surface area (Å²) in [5.74, 6) is 1.52. The lowest BCUT2D eigenvalue weighted by molar-refractivity contribution is 0.0595. The maximum atomic E-state index is 12.6. The van der Waals surface area contributed by atoms with Crippen LogP contribution in [-0.2, 0) is 4.74 Å². The van der Waals surface area contributed by atoms with Crippen molar-refractivity contribution in [3.05, 3.63) is 45.5 Å². The SMILES string of the molecule is O=c1c(Cl)c(NCC2CCCOC2)cnn1-c1ccc(C2CCCC2)cn1. The van der Waals surface area contributed by atoms with Crippen LogP contribution in [0.15, 0.2) is 29.3 Å². The number of nitrogens with one attached hydrogen (secondary N) is 1. The van der Waals surface area contributed by atoms with Gasteiger partial charge < -0.3 is 10.1 Å². The summed E-state index contributed by atoms with van der Waals surface area (Å²) in [5.41, 5.74) is 1.44. The molecule has 144 valence electrons. The number of rotatable bonds is 5. The zero-order valence-electron chi connectivity index (χ0n) is 15.4. The van der Waals surface area contributed by atoms with Gasteiger partial charge in [-0.1, -0.05) is 30.5 Å². The number of anilines is 1. The van der Waals surface area contributed by atoms with Crippen LogP contribution in [0.25, 0.3) is 5.82 Å². The Hall–Kier alpha value is -1.92. The third-order valence-electron chi connectivity index (χ3n) is 5.57. The second-order valence-electron chi connectivity index (χ2n) is 7.48. The van der Waals surface area contributed by atoms with Gasteiger partial charge in [-0.05, 0) is 49.1 Å². The van der Waals surface area contributed by atoms with Crippen LogP contribution >= 0.6 is 11.6 Å². The largest absolute Gasteiger partial charge is 0.382 e. The molecule has 0 spiro atoms. The number of ether oxygens (including phenoxy) is 1. The van der Waals surface area contributed by atoms with Crippen molar-refractivity contribution in [1.82, 2.24) is 14.8 Å². The number of aromatic nitrogens is 3. The van der Waals surface area contributed by atoms with Crippen molar-refractivity contribution in [2.45, 2.75) is 44.4 Å². The Kier molecular flexibility index (Phi) is 5.74. The second-order valence-corrected chi connectivity index (χ2v) is 7.86. The van der Waals surface area contributed by atoms with E-state index in [-0.39, 0.29) is 10.6 Å². The van der Waals surface area contributed by atoms with Crippen LogP contribution in [0.5, 0.6) is 0 Å². The molecule has 0 amide bonds. The Balaban J connectivity index is 1.48. The van der Waals surface area contributed by atoms with Gasteiger partial charge in [-0.15, -0.1) is 0 Å². The Bertz CT molecular complexity index is 825. The summed E-state index contributed by atoms with van der Waals surface area (Å²) in [4.78, 5) is 17.1. The van der Waals surface area contributed by atoms with Gasteiger partial charge in [0.25, 0.3) is 5.56 Å². The molecule has 27 heavy (non-hydrogen) atoms. The molecule has 1 saturated carbocycles. The number of hydrogen-bond acceptors (Lipinski definition) is 5. The van der Waals surface area contributed by atoms with Crippen LogP contribution in [-0.4, -0.2) is 34.5 Å². The summed E-state index contributed by atoms with van der Waals surface area (Å²) in [6, 6.07) is 3.90. The molecule has 4 rings (SSSR count). The smallest absolute Gasteiger partial charge is 0.293 e. The molecule has 0 radical (unpaired) electrons. The second kappa shape index (κ2) is 8.40. The lowest BCUT2D eigenvalue weighted by Gasteiger charge is -2.22. The standard InChI is InChI=1S/C20H25ClN4O2/c21-19-17(22-10-14-4-3-9-27-13-14)12-24-25(20(19)26)18-8-7-16(11-23-18)15-5-1-2-6-15/h7-8,11-12,14-15,22H,1-6,9-10,13H2. The summed E-state index contributed by atoms with van der Waals surface area (Å²) in [5, 5.41) is 7.65. The molecular formula is C20H25ClN4O2. The predicted molar refractivity (Wildman–Crippen MR) is 106 cm³/mol. The Morgan fingerprint density at radius 1 is 1.19 bits per heavy atom. The van der Waals surface area contributed by atoms with Gasteiger partial charge in [-0.3, -0.25) is 4.79 Å². The minimum Gasteiger partial charge on any atom is -0.382 e. The first-order valence-corrected chi connectivity index (χ1v) is 10.2. The number of nitrogens with zero attached hydrogens (tertiary/aromatic N) is 3. The summed E-state index contributed by atoms with van der Waals surface area (Å²) >= 11 is 6.31. The minimum absolute atomic E-state index is 0.142. The van der Waals surface area contributed by atoms with Crippen molar-refractivity contribution >= 4 is 17.3 Å². The molecule has 2 aliphatic rings. The number of hydrogen-bond donors (Lipinski definition) is 1. The van der Waals surface area contributed by atoms with Gasteiger partial charge in [0.15, 0.2) is 5.82 Å². The minimum atomic E-state index is -0.359. The third-order valence-corrected chi connectivity index (χ3v) is 5.93. The van der Waals surface area contributed by atoms with Gasteiger partial charge in [-0.25, -0.2) is 4.98 Å². The predicted octanol–water partition coefficient (Wildman–Crippen LogP) is 3.78. The van der Waals surface area contributed by atoms with Crippen LogP contribution in [0, 0.1) is 5.92 Å². The monoisotopic (exact) mass is 388 g/mol. The number of pyridine rings is 1. The molecule has 1 aliphatic heterocycles. The Morgan fingerprint density at radius 3 is 2.74 bits per heavy atom. The van der Waals surface area contributed by atoms with Crippen molar-refractivity contribution in [3.8, 4) is 5.82 Å². The normalized spacial score (nSPS) is 20.7. The average molecular weight is 389 g/mol. The fraction of sp³-hybridized carbons (Fsp3) is 0.550. The molecule has 2 aromatic heterocycles. The lowest BCUT2D eigenvalue weighted by Crippen LogP contribution is -2.27. The van der Waals surface area contributed by atoms with E-state index in [0.717, 1.165) is 32.6 Å². The van der Waals surface area contributed by atoms with Gasteiger partial charge in [0.05, 0.1) is 18.5 Å².